The first-order valence-corrected chi connectivity index (χ1v) is 6.11. The van der Waals surface area contributed by atoms with E-state index in [1.54, 1.807) is 24.3 Å². The van der Waals surface area contributed by atoms with E-state index in [1.165, 1.54) is 18.3 Å². The summed E-state index contributed by atoms with van der Waals surface area (Å²) in [6, 6.07) is 9.76. The molecule has 2 N–H and O–H groups in total. The van der Waals surface area contributed by atoms with Gasteiger partial charge in [0.1, 0.15) is 11.5 Å². The number of hydrogen-bond donors (Lipinski definition) is 2. The van der Waals surface area contributed by atoms with Crippen LogP contribution in [0.15, 0.2) is 45.9 Å². The van der Waals surface area contributed by atoms with Crippen molar-refractivity contribution in [3.8, 4) is 5.75 Å². The molecule has 0 radical (unpaired) electrons. The van der Waals surface area contributed by atoms with Gasteiger partial charge in [-0.25, -0.2) is 5.43 Å². The molecule has 0 spiro atoms. The molecule has 6 heteroatoms. The second-order valence-corrected chi connectivity index (χ2v) is 4.42. The lowest BCUT2D eigenvalue weighted by atomic mass is 10.2. The van der Waals surface area contributed by atoms with Gasteiger partial charge < -0.3 is 9.52 Å². The van der Waals surface area contributed by atoms with Crippen LogP contribution in [0.25, 0.3) is 0 Å². The van der Waals surface area contributed by atoms with Crippen molar-refractivity contribution in [1.82, 2.24) is 5.43 Å². The second-order valence-electron chi connectivity index (χ2n) is 3.36. The minimum absolute atomic E-state index is 0.0854. The van der Waals surface area contributed by atoms with Gasteiger partial charge in [0.05, 0.1) is 11.8 Å². The number of carbonyl (C=O) groups is 1. The minimum atomic E-state index is -0.481. The molecule has 1 aromatic heterocycles. The van der Waals surface area contributed by atoms with E-state index in [0.717, 1.165) is 3.77 Å². The Labute approximate surface area is 117 Å². The van der Waals surface area contributed by atoms with Gasteiger partial charge in [0.15, 0.2) is 3.77 Å². The van der Waals surface area contributed by atoms with Crippen LogP contribution in [0.4, 0.5) is 0 Å². The number of benzene rings is 1. The van der Waals surface area contributed by atoms with Gasteiger partial charge in [0.2, 0.25) is 0 Å². The molecule has 2 aromatic rings. The molecule has 0 aliphatic heterocycles. The summed E-state index contributed by atoms with van der Waals surface area (Å²) in [6.45, 7) is 0. The second kappa shape index (κ2) is 5.67. The summed E-state index contributed by atoms with van der Waals surface area (Å²) in [6.07, 6.45) is 1.39. The van der Waals surface area contributed by atoms with E-state index >= 15 is 0 Å². The molecule has 1 amide bonds. The molecule has 0 bridgehead atoms. The minimum Gasteiger partial charge on any atom is -0.507 e. The van der Waals surface area contributed by atoms with Crippen LogP contribution in [-0.4, -0.2) is 17.2 Å². The van der Waals surface area contributed by atoms with Gasteiger partial charge in [-0.1, -0.05) is 12.1 Å². The van der Waals surface area contributed by atoms with Gasteiger partial charge in [-0.05, 0) is 46.9 Å². The SMILES string of the molecule is O=C(N/N=C\c1ccc(I)o1)c1ccccc1O. The number of halogens is 1. The van der Waals surface area contributed by atoms with E-state index in [4.69, 9.17) is 4.42 Å². The molecule has 0 atom stereocenters. The number of aromatic hydroxyl groups is 1. The fraction of sp³-hybridized carbons (Fsp3) is 0. The maximum Gasteiger partial charge on any atom is 0.275 e. The molecular formula is C12H9IN2O3. The van der Waals surface area contributed by atoms with E-state index in [-0.39, 0.29) is 11.3 Å². The standard InChI is InChI=1S/C12H9IN2O3/c13-11-6-5-8(18-11)7-14-15-12(17)9-3-1-2-4-10(9)16/h1-7,16H,(H,15,17)/b14-7-. The van der Waals surface area contributed by atoms with Crippen molar-refractivity contribution in [3.05, 3.63) is 51.5 Å². The van der Waals surface area contributed by atoms with Gasteiger partial charge in [0, 0.05) is 0 Å². The Morgan fingerprint density at radius 2 is 2.11 bits per heavy atom. The highest BCUT2D eigenvalue weighted by Crippen LogP contribution is 2.14. The van der Waals surface area contributed by atoms with E-state index < -0.39 is 5.91 Å². The van der Waals surface area contributed by atoms with Crippen LogP contribution < -0.4 is 5.43 Å². The van der Waals surface area contributed by atoms with Crippen LogP contribution in [0.2, 0.25) is 0 Å². The van der Waals surface area contributed by atoms with E-state index in [2.05, 4.69) is 10.5 Å². The van der Waals surface area contributed by atoms with Crippen molar-refractivity contribution in [2.45, 2.75) is 0 Å². The molecule has 2 rings (SSSR count). The summed E-state index contributed by atoms with van der Waals surface area (Å²) in [5, 5.41) is 13.2. The lowest BCUT2D eigenvalue weighted by Gasteiger charge is -2.01. The zero-order valence-corrected chi connectivity index (χ0v) is 11.3. The van der Waals surface area contributed by atoms with Crippen molar-refractivity contribution in [2.75, 3.05) is 0 Å². The molecule has 1 aromatic carbocycles. The van der Waals surface area contributed by atoms with Crippen LogP contribution in [0.1, 0.15) is 16.1 Å². The Kier molecular flexibility index (Phi) is 3.98. The first-order chi connectivity index (χ1) is 8.66. The molecule has 0 saturated carbocycles. The van der Waals surface area contributed by atoms with Crippen LogP contribution >= 0.6 is 22.6 Å². The lowest BCUT2D eigenvalue weighted by Crippen LogP contribution is -2.17. The third-order valence-corrected chi connectivity index (χ3v) is 2.68. The first kappa shape index (κ1) is 12.6. The molecule has 0 fully saturated rings. The number of nitrogens with zero attached hydrogens (tertiary/aromatic N) is 1. The van der Waals surface area contributed by atoms with E-state index in [1.807, 2.05) is 22.6 Å². The number of hydrazone groups is 1. The summed E-state index contributed by atoms with van der Waals surface area (Å²) in [5.41, 5.74) is 2.48. The zero-order valence-electron chi connectivity index (χ0n) is 9.13. The molecule has 1 heterocycles. The average Bonchev–Trinajstić information content (AvgIpc) is 2.75. The molecule has 0 saturated heterocycles. The van der Waals surface area contributed by atoms with Gasteiger partial charge in [-0.3, -0.25) is 4.79 Å². The van der Waals surface area contributed by atoms with Crippen molar-refractivity contribution in [1.29, 1.82) is 0 Å². The van der Waals surface area contributed by atoms with E-state index in [0.29, 0.717) is 5.76 Å². The van der Waals surface area contributed by atoms with Crippen molar-refractivity contribution in [2.24, 2.45) is 5.10 Å². The van der Waals surface area contributed by atoms with Crippen molar-refractivity contribution >= 4 is 34.7 Å². The molecule has 18 heavy (non-hydrogen) atoms. The summed E-state index contributed by atoms with van der Waals surface area (Å²) in [4.78, 5) is 11.6. The molecular weight excluding hydrogens is 347 g/mol. The molecule has 5 nitrogen and oxygen atoms in total. The Hall–Kier alpha value is -1.83. The maximum absolute atomic E-state index is 11.6. The Balaban J connectivity index is 2.01. The predicted octanol–water partition coefficient (Wildman–Crippen LogP) is 2.35. The predicted molar refractivity (Wildman–Crippen MR) is 74.6 cm³/mol. The quantitative estimate of drug-likeness (QED) is 0.504. The number of furan rings is 1. The Bertz CT molecular complexity index is 593. The van der Waals surface area contributed by atoms with Gasteiger partial charge in [-0.2, -0.15) is 5.10 Å². The van der Waals surface area contributed by atoms with Crippen molar-refractivity contribution < 1.29 is 14.3 Å². The Morgan fingerprint density at radius 1 is 1.33 bits per heavy atom. The molecule has 92 valence electrons. The van der Waals surface area contributed by atoms with Gasteiger partial charge in [-0.15, -0.1) is 0 Å². The topological polar surface area (TPSA) is 74.8 Å². The third kappa shape index (κ3) is 3.10. The first-order valence-electron chi connectivity index (χ1n) is 5.03. The number of phenolic OH excluding ortho intramolecular Hbond substituents is 1. The number of rotatable bonds is 3. The fourth-order valence-electron chi connectivity index (χ4n) is 1.28. The smallest absolute Gasteiger partial charge is 0.275 e. The van der Waals surface area contributed by atoms with Crippen LogP contribution in [0.5, 0.6) is 5.75 Å². The van der Waals surface area contributed by atoms with Crippen molar-refractivity contribution in [3.63, 3.8) is 0 Å². The molecule has 0 aliphatic rings. The number of phenols is 1. The number of amides is 1. The van der Waals surface area contributed by atoms with E-state index in [9.17, 15) is 9.90 Å². The van der Waals surface area contributed by atoms with Gasteiger partial charge >= 0.3 is 0 Å². The fourth-order valence-corrected chi connectivity index (χ4v) is 1.71. The normalized spacial score (nSPS) is 10.7. The molecule has 0 aliphatic carbocycles. The zero-order chi connectivity index (χ0) is 13.0. The van der Waals surface area contributed by atoms with Crippen LogP contribution in [0.3, 0.4) is 0 Å². The lowest BCUT2D eigenvalue weighted by molar-refractivity contribution is 0.0952. The monoisotopic (exact) mass is 356 g/mol. The molecule has 0 unspecified atom stereocenters. The number of hydrogen-bond acceptors (Lipinski definition) is 4. The largest absolute Gasteiger partial charge is 0.507 e. The Morgan fingerprint density at radius 3 is 2.78 bits per heavy atom. The number of nitrogens with one attached hydrogen (secondary N) is 1. The number of carbonyl (C=O) groups excluding carboxylic acids is 1. The summed E-state index contributed by atoms with van der Waals surface area (Å²) >= 11 is 2.03. The van der Waals surface area contributed by atoms with Gasteiger partial charge in [0.25, 0.3) is 5.91 Å². The highest BCUT2D eigenvalue weighted by atomic mass is 127. The summed E-state index contributed by atoms with van der Waals surface area (Å²) in [7, 11) is 0. The van der Waals surface area contributed by atoms with Crippen LogP contribution in [0, 0.1) is 3.77 Å². The highest BCUT2D eigenvalue weighted by Gasteiger charge is 2.08. The third-order valence-electron chi connectivity index (χ3n) is 2.10. The number of para-hydroxylation sites is 1. The maximum atomic E-state index is 11.6. The average molecular weight is 356 g/mol. The summed E-state index contributed by atoms with van der Waals surface area (Å²) in [5.74, 6) is -0.0275. The highest BCUT2D eigenvalue weighted by molar-refractivity contribution is 14.1. The van der Waals surface area contributed by atoms with Crippen LogP contribution in [-0.2, 0) is 0 Å². The summed E-state index contributed by atoms with van der Waals surface area (Å²) < 4.78 is 5.97.